The van der Waals surface area contributed by atoms with Crippen LogP contribution in [0.2, 0.25) is 0 Å². The molecule has 7 nitrogen and oxygen atoms in total. The molecule has 0 aliphatic carbocycles. The molecule has 0 saturated carbocycles. The van der Waals surface area contributed by atoms with Crippen LogP contribution in [0.25, 0.3) is 0 Å². The van der Waals surface area contributed by atoms with Gasteiger partial charge in [-0.2, -0.15) is 0 Å². The fraction of sp³-hybridized carbons (Fsp3) is 0.727. The summed E-state index contributed by atoms with van der Waals surface area (Å²) in [5.74, 6) is 1.61. The van der Waals surface area contributed by atoms with Crippen LogP contribution < -0.4 is 11.1 Å². The Balaban J connectivity index is 1.92. The highest BCUT2D eigenvalue weighted by Crippen LogP contribution is 2.21. The summed E-state index contributed by atoms with van der Waals surface area (Å²) < 4.78 is 2.05. The van der Waals surface area contributed by atoms with Gasteiger partial charge in [-0.15, -0.1) is 10.2 Å². The molecule has 1 aliphatic heterocycles. The van der Waals surface area contributed by atoms with Gasteiger partial charge in [0.15, 0.2) is 5.16 Å². The van der Waals surface area contributed by atoms with Gasteiger partial charge in [0, 0.05) is 31.4 Å². The lowest BCUT2D eigenvalue weighted by Crippen LogP contribution is -2.30. The van der Waals surface area contributed by atoms with Gasteiger partial charge >= 0.3 is 6.03 Å². The number of urea groups is 1. The summed E-state index contributed by atoms with van der Waals surface area (Å²) in [5.41, 5.74) is 5.65. The Hall–Kier alpha value is -1.28. The highest BCUT2D eigenvalue weighted by Gasteiger charge is 2.19. The van der Waals surface area contributed by atoms with E-state index in [0.717, 1.165) is 36.4 Å². The van der Waals surface area contributed by atoms with Gasteiger partial charge in [0.05, 0.1) is 6.54 Å². The maximum atomic E-state index is 11.4. The molecule has 1 aromatic rings. The largest absolute Gasteiger partial charge is 0.336 e. The Labute approximate surface area is 116 Å². The van der Waals surface area contributed by atoms with E-state index in [1.54, 1.807) is 11.8 Å². The maximum absolute atomic E-state index is 11.4. The molecule has 0 atom stereocenters. The number of nitrogens with two attached hydrogens (primary N) is 1. The van der Waals surface area contributed by atoms with Crippen LogP contribution >= 0.6 is 11.8 Å². The van der Waals surface area contributed by atoms with E-state index < -0.39 is 0 Å². The molecule has 1 aromatic heterocycles. The van der Waals surface area contributed by atoms with Crippen molar-refractivity contribution in [3.05, 3.63) is 5.82 Å². The Morgan fingerprint density at radius 3 is 2.84 bits per heavy atom. The quantitative estimate of drug-likeness (QED) is 0.740. The van der Waals surface area contributed by atoms with Crippen molar-refractivity contribution in [1.82, 2.24) is 25.0 Å². The molecule has 1 saturated heterocycles. The predicted octanol–water partition coefficient (Wildman–Crippen LogP) is 0.435. The number of hydrogen-bond acceptors (Lipinski definition) is 5. The van der Waals surface area contributed by atoms with E-state index in [4.69, 9.17) is 5.73 Å². The van der Waals surface area contributed by atoms with Crippen LogP contribution in [0.15, 0.2) is 5.16 Å². The topological polar surface area (TPSA) is 89.1 Å². The molecule has 2 rings (SSSR count). The lowest BCUT2D eigenvalue weighted by atomic mass is 10.4. The van der Waals surface area contributed by atoms with Gasteiger partial charge in [-0.3, -0.25) is 0 Å². The van der Waals surface area contributed by atoms with Gasteiger partial charge in [0.2, 0.25) is 0 Å². The molecule has 0 bridgehead atoms. The van der Waals surface area contributed by atoms with E-state index in [2.05, 4.69) is 33.9 Å². The van der Waals surface area contributed by atoms with Gasteiger partial charge in [-0.05, 0) is 13.8 Å². The summed E-state index contributed by atoms with van der Waals surface area (Å²) in [4.78, 5) is 13.2. The van der Waals surface area contributed by atoms with Gasteiger partial charge in [0.1, 0.15) is 5.82 Å². The van der Waals surface area contributed by atoms with E-state index in [1.165, 1.54) is 0 Å². The zero-order chi connectivity index (χ0) is 13.8. The van der Waals surface area contributed by atoms with Crippen molar-refractivity contribution in [3.8, 4) is 0 Å². The molecule has 3 N–H and O–H groups in total. The Bertz CT molecular complexity index is 446. The summed E-state index contributed by atoms with van der Waals surface area (Å²) in [6.07, 6.45) is 0. The summed E-state index contributed by atoms with van der Waals surface area (Å²) >= 11 is 1.61. The maximum Gasteiger partial charge on any atom is 0.317 e. The molecule has 2 amide bonds. The molecule has 19 heavy (non-hydrogen) atoms. The third kappa shape index (κ3) is 3.19. The summed E-state index contributed by atoms with van der Waals surface area (Å²) in [5, 5.41) is 11.9. The smallest absolute Gasteiger partial charge is 0.317 e. The van der Waals surface area contributed by atoms with Crippen molar-refractivity contribution in [2.24, 2.45) is 5.73 Å². The molecule has 2 heterocycles. The van der Waals surface area contributed by atoms with Crippen molar-refractivity contribution >= 4 is 17.8 Å². The minimum atomic E-state index is 0.0218. The van der Waals surface area contributed by atoms with Crippen molar-refractivity contribution in [3.63, 3.8) is 0 Å². The molecule has 0 radical (unpaired) electrons. The molecule has 106 valence electrons. The zero-order valence-electron chi connectivity index (χ0n) is 11.3. The van der Waals surface area contributed by atoms with Crippen LogP contribution in [0.3, 0.4) is 0 Å². The van der Waals surface area contributed by atoms with Crippen molar-refractivity contribution in [1.29, 1.82) is 0 Å². The number of aromatic nitrogens is 3. The average Bonchev–Trinajstić information content (AvgIpc) is 2.96. The lowest BCUT2D eigenvalue weighted by Gasteiger charge is -2.15. The van der Waals surface area contributed by atoms with Gasteiger partial charge in [-0.1, -0.05) is 11.8 Å². The highest BCUT2D eigenvalue weighted by molar-refractivity contribution is 7.99. The highest BCUT2D eigenvalue weighted by atomic mass is 32.2. The number of carbonyl (C=O) groups excluding carboxylic acids is 1. The first-order valence-corrected chi connectivity index (χ1v) is 7.41. The first-order chi connectivity index (χ1) is 9.13. The summed E-state index contributed by atoms with van der Waals surface area (Å²) in [6, 6.07) is 0.305. The number of nitrogens with zero attached hydrogens (tertiary/aromatic N) is 4. The minimum absolute atomic E-state index is 0.0218. The van der Waals surface area contributed by atoms with E-state index in [0.29, 0.717) is 6.54 Å². The van der Waals surface area contributed by atoms with Crippen molar-refractivity contribution in [2.75, 3.05) is 25.4 Å². The van der Waals surface area contributed by atoms with Crippen LogP contribution in [-0.4, -0.2) is 51.1 Å². The molecular formula is C11H20N6OS. The van der Waals surface area contributed by atoms with Gasteiger partial charge in [-0.25, -0.2) is 4.79 Å². The zero-order valence-corrected chi connectivity index (χ0v) is 12.1. The fourth-order valence-electron chi connectivity index (χ4n) is 2.04. The summed E-state index contributed by atoms with van der Waals surface area (Å²) in [6.45, 7) is 6.80. The SMILES string of the molecule is CC(C)n1c(CN)nnc1SCCN1CCNC1=O. The number of amides is 2. The molecule has 1 fully saturated rings. The monoisotopic (exact) mass is 284 g/mol. The molecule has 0 spiro atoms. The van der Waals surface area contributed by atoms with Crippen molar-refractivity contribution < 1.29 is 4.79 Å². The number of hydrogen-bond donors (Lipinski definition) is 2. The first kappa shape index (κ1) is 14.1. The van der Waals surface area contributed by atoms with Crippen LogP contribution in [0.4, 0.5) is 4.79 Å². The first-order valence-electron chi connectivity index (χ1n) is 6.43. The second-order valence-corrected chi connectivity index (χ2v) is 5.70. The fourth-order valence-corrected chi connectivity index (χ4v) is 3.08. The lowest BCUT2D eigenvalue weighted by molar-refractivity contribution is 0.220. The van der Waals surface area contributed by atoms with E-state index in [-0.39, 0.29) is 12.1 Å². The average molecular weight is 284 g/mol. The predicted molar refractivity (Wildman–Crippen MR) is 74.0 cm³/mol. The second kappa shape index (κ2) is 6.25. The number of carbonyl (C=O) groups is 1. The summed E-state index contributed by atoms with van der Waals surface area (Å²) in [7, 11) is 0. The molecule has 0 aromatic carbocycles. The number of nitrogens with one attached hydrogen (secondary N) is 1. The van der Waals surface area contributed by atoms with Crippen LogP contribution in [0.5, 0.6) is 0 Å². The van der Waals surface area contributed by atoms with E-state index in [1.807, 2.05) is 4.90 Å². The molecule has 8 heteroatoms. The molecular weight excluding hydrogens is 264 g/mol. The number of thioether (sulfide) groups is 1. The molecule has 0 unspecified atom stereocenters. The van der Waals surface area contributed by atoms with Gasteiger partial charge in [0.25, 0.3) is 0 Å². The Morgan fingerprint density at radius 1 is 1.47 bits per heavy atom. The van der Waals surface area contributed by atoms with Gasteiger partial charge < -0.3 is 20.5 Å². The second-order valence-electron chi connectivity index (χ2n) is 4.63. The van der Waals surface area contributed by atoms with Crippen LogP contribution in [-0.2, 0) is 6.54 Å². The van der Waals surface area contributed by atoms with Crippen LogP contribution in [0, 0.1) is 0 Å². The Morgan fingerprint density at radius 2 is 2.26 bits per heavy atom. The minimum Gasteiger partial charge on any atom is -0.336 e. The normalized spacial score (nSPS) is 15.4. The van der Waals surface area contributed by atoms with Crippen molar-refractivity contribution in [2.45, 2.75) is 31.6 Å². The Kier molecular flexibility index (Phi) is 4.65. The third-order valence-electron chi connectivity index (χ3n) is 2.97. The molecule has 1 aliphatic rings. The van der Waals surface area contributed by atoms with E-state index in [9.17, 15) is 4.79 Å². The standard InChI is InChI=1S/C11H20N6OS/c1-8(2)17-9(7-12)14-15-11(17)19-6-5-16-4-3-13-10(16)18/h8H,3-7,12H2,1-2H3,(H,13,18). The third-order valence-corrected chi connectivity index (χ3v) is 3.89. The number of rotatable bonds is 6. The van der Waals surface area contributed by atoms with Crippen LogP contribution in [0.1, 0.15) is 25.7 Å². The van der Waals surface area contributed by atoms with E-state index >= 15 is 0 Å².